The number of nitrogens with one attached hydrogen (secondary N) is 2. The van der Waals surface area contributed by atoms with Crippen LogP contribution in [0.2, 0.25) is 0 Å². The molecule has 2 N–H and O–H groups in total. The monoisotopic (exact) mass is 427 g/mol. The number of hydrogen-bond donors (Lipinski definition) is 2. The number of anilines is 1. The molecule has 0 aromatic heterocycles. The van der Waals surface area contributed by atoms with Crippen molar-refractivity contribution in [3.8, 4) is 0 Å². The fraction of sp³-hybridized carbons (Fsp3) is 0.478. The fourth-order valence-corrected chi connectivity index (χ4v) is 4.11. The predicted molar refractivity (Wildman–Crippen MR) is 116 cm³/mol. The van der Waals surface area contributed by atoms with Gasteiger partial charge in [0.2, 0.25) is 5.91 Å². The lowest BCUT2D eigenvalue weighted by atomic mass is 9.75. The molecule has 1 aliphatic carbocycles. The topological polar surface area (TPSA) is 105 Å². The fourth-order valence-electron chi connectivity index (χ4n) is 4.11. The SMILES string of the molecule is CCOC(=O)/C=C/c1ccc(NC(=O)CN2C(=O)NC3(CCC(CC)CC3)C2=O)cc1. The molecule has 8 nitrogen and oxygen atoms in total. The van der Waals surface area contributed by atoms with Crippen LogP contribution in [0.1, 0.15) is 51.5 Å². The zero-order valence-corrected chi connectivity index (χ0v) is 18.0. The molecular formula is C23H29N3O5. The van der Waals surface area contributed by atoms with Crippen molar-refractivity contribution in [2.75, 3.05) is 18.5 Å². The van der Waals surface area contributed by atoms with Crippen LogP contribution in [0.25, 0.3) is 6.08 Å². The van der Waals surface area contributed by atoms with Gasteiger partial charge in [0.1, 0.15) is 12.1 Å². The third kappa shape index (κ3) is 5.31. The van der Waals surface area contributed by atoms with Crippen LogP contribution in [-0.4, -0.2) is 47.4 Å². The highest BCUT2D eigenvalue weighted by Crippen LogP contribution is 2.37. The summed E-state index contributed by atoms with van der Waals surface area (Å²) in [6.45, 7) is 3.86. The normalized spacial score (nSPS) is 23.3. The Kier molecular flexibility index (Phi) is 7.09. The highest BCUT2D eigenvalue weighted by molar-refractivity contribution is 6.10. The molecule has 2 aliphatic rings. The Bertz CT molecular complexity index is 870. The van der Waals surface area contributed by atoms with Crippen molar-refractivity contribution in [3.63, 3.8) is 0 Å². The summed E-state index contributed by atoms with van der Waals surface area (Å²) in [5.41, 5.74) is 0.448. The molecule has 3 rings (SSSR count). The lowest BCUT2D eigenvalue weighted by Crippen LogP contribution is -2.49. The van der Waals surface area contributed by atoms with Gasteiger partial charge in [-0.2, -0.15) is 0 Å². The van der Waals surface area contributed by atoms with Gasteiger partial charge < -0.3 is 15.4 Å². The van der Waals surface area contributed by atoms with Crippen LogP contribution < -0.4 is 10.6 Å². The van der Waals surface area contributed by atoms with Gasteiger partial charge in [0, 0.05) is 11.8 Å². The molecular weight excluding hydrogens is 398 g/mol. The zero-order chi connectivity index (χ0) is 22.4. The number of amides is 4. The van der Waals surface area contributed by atoms with Crippen LogP contribution in [0.15, 0.2) is 30.3 Å². The van der Waals surface area contributed by atoms with E-state index in [9.17, 15) is 19.2 Å². The summed E-state index contributed by atoms with van der Waals surface area (Å²) in [7, 11) is 0. The van der Waals surface area contributed by atoms with Crippen LogP contribution in [-0.2, 0) is 19.1 Å². The number of rotatable bonds is 7. The molecule has 1 saturated heterocycles. The number of ether oxygens (including phenoxy) is 1. The molecule has 0 unspecified atom stereocenters. The number of carbonyl (C=O) groups is 4. The predicted octanol–water partition coefficient (Wildman–Crippen LogP) is 3.09. The number of imide groups is 1. The second kappa shape index (κ2) is 9.76. The second-order valence-electron chi connectivity index (χ2n) is 8.01. The van der Waals surface area contributed by atoms with Gasteiger partial charge in [-0.15, -0.1) is 0 Å². The Balaban J connectivity index is 1.55. The molecule has 2 fully saturated rings. The van der Waals surface area contributed by atoms with E-state index in [1.54, 1.807) is 37.3 Å². The smallest absolute Gasteiger partial charge is 0.330 e. The minimum Gasteiger partial charge on any atom is -0.463 e. The van der Waals surface area contributed by atoms with E-state index in [-0.39, 0.29) is 12.5 Å². The Hall–Kier alpha value is -3.16. The molecule has 1 spiro atoms. The van der Waals surface area contributed by atoms with Gasteiger partial charge in [0.15, 0.2) is 0 Å². The van der Waals surface area contributed by atoms with E-state index >= 15 is 0 Å². The maximum Gasteiger partial charge on any atom is 0.330 e. The van der Waals surface area contributed by atoms with E-state index in [1.807, 2.05) is 0 Å². The summed E-state index contributed by atoms with van der Waals surface area (Å²) in [5.74, 6) is -0.587. The summed E-state index contributed by atoms with van der Waals surface area (Å²) in [6, 6.07) is 6.33. The largest absolute Gasteiger partial charge is 0.463 e. The standard InChI is InChI=1S/C23H29N3O5/c1-3-16-11-13-23(14-12-16)21(29)26(22(30)25-23)15-19(27)24-18-8-5-17(6-9-18)7-10-20(28)31-4-2/h5-10,16H,3-4,11-15H2,1-2H3,(H,24,27)(H,25,30)/b10-7+. The van der Waals surface area contributed by atoms with Crippen molar-refractivity contribution in [3.05, 3.63) is 35.9 Å². The molecule has 0 radical (unpaired) electrons. The Labute approximate surface area is 182 Å². The van der Waals surface area contributed by atoms with Gasteiger partial charge >= 0.3 is 12.0 Å². The van der Waals surface area contributed by atoms with Gasteiger partial charge in [-0.1, -0.05) is 25.5 Å². The van der Waals surface area contributed by atoms with Crippen molar-refractivity contribution in [1.82, 2.24) is 10.2 Å². The minimum atomic E-state index is -0.851. The number of carbonyl (C=O) groups excluding carboxylic acids is 4. The van der Waals surface area contributed by atoms with Crippen LogP contribution in [0, 0.1) is 5.92 Å². The number of hydrogen-bond acceptors (Lipinski definition) is 5. The summed E-state index contributed by atoms with van der Waals surface area (Å²) in [6.07, 6.45) is 7.06. The average molecular weight is 428 g/mol. The number of esters is 1. The summed E-state index contributed by atoms with van der Waals surface area (Å²) >= 11 is 0. The lowest BCUT2D eigenvalue weighted by molar-refractivity contribution is -0.137. The summed E-state index contributed by atoms with van der Waals surface area (Å²) < 4.78 is 4.83. The van der Waals surface area contributed by atoms with Crippen molar-refractivity contribution in [2.45, 2.75) is 51.5 Å². The zero-order valence-electron chi connectivity index (χ0n) is 18.0. The van der Waals surface area contributed by atoms with E-state index in [1.165, 1.54) is 6.08 Å². The molecule has 1 heterocycles. The minimum absolute atomic E-state index is 0.304. The maximum atomic E-state index is 12.9. The third-order valence-corrected chi connectivity index (χ3v) is 5.98. The molecule has 1 saturated carbocycles. The highest BCUT2D eigenvalue weighted by atomic mass is 16.5. The first kappa shape index (κ1) is 22.5. The first-order valence-electron chi connectivity index (χ1n) is 10.8. The molecule has 1 aromatic carbocycles. The van der Waals surface area contributed by atoms with Crippen LogP contribution in [0.4, 0.5) is 10.5 Å². The quantitative estimate of drug-likeness (QED) is 0.395. The molecule has 1 aromatic rings. The number of urea groups is 1. The Morgan fingerprint density at radius 1 is 1.19 bits per heavy atom. The van der Waals surface area contributed by atoms with Crippen LogP contribution >= 0.6 is 0 Å². The van der Waals surface area contributed by atoms with Gasteiger partial charge in [0.05, 0.1) is 6.61 Å². The van der Waals surface area contributed by atoms with Crippen LogP contribution in [0.3, 0.4) is 0 Å². The van der Waals surface area contributed by atoms with Crippen molar-refractivity contribution >= 4 is 35.6 Å². The van der Waals surface area contributed by atoms with Gasteiger partial charge in [-0.25, -0.2) is 9.59 Å². The first-order chi connectivity index (χ1) is 14.9. The Morgan fingerprint density at radius 2 is 1.87 bits per heavy atom. The molecule has 0 bridgehead atoms. The molecule has 8 heteroatoms. The second-order valence-corrected chi connectivity index (χ2v) is 8.01. The van der Waals surface area contributed by atoms with Gasteiger partial charge in [-0.3, -0.25) is 14.5 Å². The highest BCUT2D eigenvalue weighted by Gasteiger charge is 2.52. The van der Waals surface area contributed by atoms with E-state index in [2.05, 4.69) is 17.6 Å². The summed E-state index contributed by atoms with van der Waals surface area (Å²) in [5, 5.41) is 5.54. The average Bonchev–Trinajstić information content (AvgIpc) is 2.98. The lowest BCUT2D eigenvalue weighted by Gasteiger charge is -2.34. The van der Waals surface area contributed by atoms with Crippen molar-refractivity contribution in [2.24, 2.45) is 5.92 Å². The summed E-state index contributed by atoms with van der Waals surface area (Å²) in [4.78, 5) is 50.1. The van der Waals surface area contributed by atoms with Gasteiger partial charge in [-0.05, 0) is 62.3 Å². The van der Waals surface area contributed by atoms with Crippen molar-refractivity contribution in [1.29, 1.82) is 0 Å². The first-order valence-corrected chi connectivity index (χ1v) is 10.8. The third-order valence-electron chi connectivity index (χ3n) is 5.98. The molecule has 166 valence electrons. The molecule has 31 heavy (non-hydrogen) atoms. The maximum absolute atomic E-state index is 12.9. The van der Waals surface area contributed by atoms with E-state index < -0.39 is 23.4 Å². The van der Waals surface area contributed by atoms with E-state index in [4.69, 9.17) is 4.74 Å². The molecule has 1 aliphatic heterocycles. The van der Waals surface area contributed by atoms with E-state index in [0.29, 0.717) is 31.1 Å². The molecule has 0 atom stereocenters. The van der Waals surface area contributed by atoms with Gasteiger partial charge in [0.25, 0.3) is 5.91 Å². The number of nitrogens with zero attached hydrogens (tertiary/aromatic N) is 1. The van der Waals surface area contributed by atoms with Crippen LogP contribution in [0.5, 0.6) is 0 Å². The molecule has 4 amide bonds. The Morgan fingerprint density at radius 3 is 2.48 bits per heavy atom. The van der Waals surface area contributed by atoms with E-state index in [0.717, 1.165) is 29.7 Å². The van der Waals surface area contributed by atoms with Crippen molar-refractivity contribution < 1.29 is 23.9 Å². The number of benzene rings is 1.